The van der Waals surface area contributed by atoms with E-state index in [1.807, 2.05) is 0 Å². The number of allylic oxidation sites excluding steroid dienone is 10. The van der Waals surface area contributed by atoms with E-state index in [1.54, 1.807) is 0 Å². The fourth-order valence-electron chi connectivity index (χ4n) is 7.31. The van der Waals surface area contributed by atoms with Crippen molar-refractivity contribution in [1.82, 2.24) is 5.32 Å². The van der Waals surface area contributed by atoms with Crippen molar-refractivity contribution >= 4 is 5.91 Å². The lowest BCUT2D eigenvalue weighted by atomic mass is 9.99. The third kappa shape index (κ3) is 30.6. The normalized spacial score (nSPS) is 21.2. The predicted octanol–water partition coefficient (Wildman–Crippen LogP) is 10.4. The first-order valence-electron chi connectivity index (χ1n) is 24.0. The molecule has 9 heteroatoms. The smallest absolute Gasteiger partial charge is 0.220 e. The molecule has 0 aliphatic carbocycles. The summed E-state index contributed by atoms with van der Waals surface area (Å²) in [6, 6.07) is -0.751. The molecule has 0 bridgehead atoms. The molecule has 0 radical (unpaired) electrons. The van der Waals surface area contributed by atoms with Gasteiger partial charge in [-0.25, -0.2) is 0 Å². The Morgan fingerprint density at radius 1 is 0.593 bits per heavy atom. The Morgan fingerprint density at radius 2 is 1.03 bits per heavy atom. The molecule has 1 aliphatic heterocycles. The molecule has 1 aliphatic rings. The van der Waals surface area contributed by atoms with Crippen LogP contribution in [0.15, 0.2) is 60.8 Å². The molecule has 59 heavy (non-hydrogen) atoms. The summed E-state index contributed by atoms with van der Waals surface area (Å²) >= 11 is 0. The maximum absolute atomic E-state index is 13.0. The van der Waals surface area contributed by atoms with Crippen molar-refractivity contribution in [2.45, 2.75) is 236 Å². The summed E-state index contributed by atoms with van der Waals surface area (Å²) in [7, 11) is 0. The third-order valence-corrected chi connectivity index (χ3v) is 11.1. The minimum Gasteiger partial charge on any atom is -0.394 e. The highest BCUT2D eigenvalue weighted by Crippen LogP contribution is 2.23. The fraction of sp³-hybridized carbons (Fsp3) is 0.780. The van der Waals surface area contributed by atoms with Crippen molar-refractivity contribution in [3.63, 3.8) is 0 Å². The first-order chi connectivity index (χ1) is 28.8. The lowest BCUT2D eigenvalue weighted by Crippen LogP contribution is -2.60. The summed E-state index contributed by atoms with van der Waals surface area (Å²) in [6.07, 6.45) is 45.2. The number of rotatable bonds is 39. The van der Waals surface area contributed by atoms with Crippen molar-refractivity contribution in [1.29, 1.82) is 0 Å². The molecule has 6 N–H and O–H groups in total. The summed E-state index contributed by atoms with van der Waals surface area (Å²) < 4.78 is 11.2. The molecule has 1 fully saturated rings. The third-order valence-electron chi connectivity index (χ3n) is 11.1. The molecule has 1 rings (SSSR count). The van der Waals surface area contributed by atoms with Crippen LogP contribution in [-0.2, 0) is 14.3 Å². The zero-order valence-electron chi connectivity index (χ0n) is 37.5. The number of carbonyl (C=O) groups is 1. The Bertz CT molecular complexity index is 1100. The van der Waals surface area contributed by atoms with Gasteiger partial charge in [-0.15, -0.1) is 0 Å². The van der Waals surface area contributed by atoms with Crippen LogP contribution in [0, 0.1) is 0 Å². The van der Waals surface area contributed by atoms with Crippen LogP contribution in [0.2, 0.25) is 0 Å². The van der Waals surface area contributed by atoms with Gasteiger partial charge in [0.05, 0.1) is 25.4 Å². The van der Waals surface area contributed by atoms with Crippen LogP contribution in [0.25, 0.3) is 0 Å². The lowest BCUT2D eigenvalue weighted by molar-refractivity contribution is -0.302. The number of unbranched alkanes of at least 4 members (excludes halogenated alkanes) is 19. The number of carbonyl (C=O) groups excluding carboxylic acids is 1. The number of nitrogens with one attached hydrogen (secondary N) is 1. The van der Waals surface area contributed by atoms with E-state index in [-0.39, 0.29) is 18.9 Å². The van der Waals surface area contributed by atoms with Gasteiger partial charge in [-0.2, -0.15) is 0 Å². The maximum Gasteiger partial charge on any atom is 0.220 e. The zero-order valence-corrected chi connectivity index (χ0v) is 37.5. The van der Waals surface area contributed by atoms with Crippen LogP contribution in [-0.4, -0.2) is 87.5 Å². The first-order valence-corrected chi connectivity index (χ1v) is 24.0. The van der Waals surface area contributed by atoms with Gasteiger partial charge < -0.3 is 40.3 Å². The molecule has 0 aromatic heterocycles. The van der Waals surface area contributed by atoms with Crippen molar-refractivity contribution in [2.24, 2.45) is 0 Å². The number of aliphatic hydroxyl groups is 5. The van der Waals surface area contributed by atoms with E-state index < -0.39 is 49.5 Å². The highest BCUT2D eigenvalue weighted by Gasteiger charge is 2.44. The fourth-order valence-corrected chi connectivity index (χ4v) is 7.31. The van der Waals surface area contributed by atoms with Gasteiger partial charge in [0.1, 0.15) is 24.4 Å². The molecule has 0 saturated carbocycles. The predicted molar refractivity (Wildman–Crippen MR) is 244 cm³/mol. The molecule has 1 saturated heterocycles. The number of hydrogen-bond acceptors (Lipinski definition) is 8. The number of hydrogen-bond donors (Lipinski definition) is 6. The molecule has 9 nitrogen and oxygen atoms in total. The van der Waals surface area contributed by atoms with E-state index in [1.165, 1.54) is 103 Å². The zero-order chi connectivity index (χ0) is 43.0. The van der Waals surface area contributed by atoms with E-state index in [2.05, 4.69) is 79.9 Å². The van der Waals surface area contributed by atoms with Gasteiger partial charge in [-0.05, 0) is 51.4 Å². The monoisotopic (exact) mass is 832 g/mol. The quantitative estimate of drug-likeness (QED) is 0.0265. The van der Waals surface area contributed by atoms with Crippen molar-refractivity contribution in [3.05, 3.63) is 60.8 Å². The Kier molecular flexibility index (Phi) is 37.2. The van der Waals surface area contributed by atoms with Gasteiger partial charge in [0.2, 0.25) is 5.91 Å². The van der Waals surface area contributed by atoms with Crippen LogP contribution in [0.4, 0.5) is 0 Å². The van der Waals surface area contributed by atoms with Crippen molar-refractivity contribution in [3.8, 4) is 0 Å². The molecule has 0 aromatic rings. The second kappa shape index (κ2) is 40.0. The number of ether oxygens (including phenoxy) is 2. The molecular weight excluding hydrogens is 743 g/mol. The summed E-state index contributed by atoms with van der Waals surface area (Å²) in [4.78, 5) is 13.0. The largest absolute Gasteiger partial charge is 0.394 e. The second-order valence-electron chi connectivity index (χ2n) is 16.5. The van der Waals surface area contributed by atoms with E-state index in [0.717, 1.165) is 57.8 Å². The Morgan fingerprint density at radius 3 is 1.49 bits per heavy atom. The average molecular weight is 832 g/mol. The summed E-state index contributed by atoms with van der Waals surface area (Å²) in [5.41, 5.74) is 0. The molecule has 0 aromatic carbocycles. The highest BCUT2D eigenvalue weighted by atomic mass is 16.7. The maximum atomic E-state index is 13.0. The van der Waals surface area contributed by atoms with E-state index in [9.17, 15) is 30.3 Å². The van der Waals surface area contributed by atoms with Gasteiger partial charge in [0.25, 0.3) is 0 Å². The molecular formula is C50H89NO8. The van der Waals surface area contributed by atoms with E-state index in [0.29, 0.717) is 12.8 Å². The van der Waals surface area contributed by atoms with Crippen LogP contribution < -0.4 is 5.32 Å². The van der Waals surface area contributed by atoms with Crippen LogP contribution >= 0.6 is 0 Å². The van der Waals surface area contributed by atoms with Crippen molar-refractivity contribution in [2.75, 3.05) is 13.2 Å². The van der Waals surface area contributed by atoms with Crippen LogP contribution in [0.5, 0.6) is 0 Å². The SMILES string of the molecule is CC/C=C\C/C=C\C/C=C\C/C=C\C/C=C\CCCC(=O)NC(COC1OC(CO)C(O)C(O)C1O)C(O)CCCCCCCCCCCCCCCCCCCCC. The van der Waals surface area contributed by atoms with Crippen LogP contribution in [0.3, 0.4) is 0 Å². The highest BCUT2D eigenvalue weighted by molar-refractivity contribution is 5.76. The Hall–Kier alpha value is -2.11. The van der Waals surface area contributed by atoms with Gasteiger partial charge >= 0.3 is 0 Å². The Labute approximate surface area is 360 Å². The number of amides is 1. The first kappa shape index (κ1) is 54.9. The molecule has 1 amide bonds. The topological polar surface area (TPSA) is 149 Å². The summed E-state index contributed by atoms with van der Waals surface area (Å²) in [6.45, 7) is 3.68. The van der Waals surface area contributed by atoms with Gasteiger partial charge in [0.15, 0.2) is 6.29 Å². The minimum atomic E-state index is -1.57. The second-order valence-corrected chi connectivity index (χ2v) is 16.5. The van der Waals surface area contributed by atoms with E-state index >= 15 is 0 Å². The molecule has 7 unspecified atom stereocenters. The standard InChI is InChI=1S/C50H89NO8/c1-3-5-7-9-11-13-15-17-19-21-22-24-25-27-29-31-33-35-37-39-44(53)43(42-58-50-49(57)48(56)47(55)45(41-52)59-50)51-46(54)40-38-36-34-32-30-28-26-23-20-18-16-14-12-10-8-6-4-2/h6,8,12,14,18,20,26,28,32,34,43-45,47-50,52-53,55-57H,3-5,7,9-11,13,15-17,19,21-25,27,29-31,33,35-42H2,1-2H3,(H,51,54)/b8-6-,14-12-,20-18-,28-26-,34-32-. The lowest BCUT2D eigenvalue weighted by Gasteiger charge is -2.40. The molecule has 342 valence electrons. The summed E-state index contributed by atoms with van der Waals surface area (Å²) in [5.74, 6) is -0.202. The summed E-state index contributed by atoms with van der Waals surface area (Å²) in [5, 5.41) is 54.4. The number of aliphatic hydroxyl groups excluding tert-OH is 5. The van der Waals surface area contributed by atoms with Gasteiger partial charge in [0, 0.05) is 6.42 Å². The van der Waals surface area contributed by atoms with Crippen LogP contribution in [0.1, 0.15) is 194 Å². The van der Waals surface area contributed by atoms with E-state index in [4.69, 9.17) is 9.47 Å². The van der Waals surface area contributed by atoms with Gasteiger partial charge in [-0.3, -0.25) is 4.79 Å². The average Bonchev–Trinajstić information content (AvgIpc) is 3.23. The minimum absolute atomic E-state index is 0.163. The molecule has 7 atom stereocenters. The Balaban J connectivity index is 2.35. The van der Waals surface area contributed by atoms with Gasteiger partial charge in [-0.1, -0.05) is 197 Å². The van der Waals surface area contributed by atoms with Crippen molar-refractivity contribution < 1.29 is 39.8 Å². The molecule has 1 heterocycles. The molecule has 0 spiro atoms.